The number of nitrogens with zero attached hydrogens (tertiary/aromatic N) is 4. The lowest BCUT2D eigenvalue weighted by atomic mass is 10.1. The predicted molar refractivity (Wildman–Crippen MR) is 72.5 cm³/mol. The van der Waals surface area contributed by atoms with E-state index in [1.807, 2.05) is 0 Å². The number of rotatable bonds is 2. The number of carbonyl (C=O) groups excluding carboxylic acids is 1. The third-order valence-corrected chi connectivity index (χ3v) is 3.52. The summed E-state index contributed by atoms with van der Waals surface area (Å²) in [7, 11) is 0. The van der Waals surface area contributed by atoms with Crippen LogP contribution in [0.1, 0.15) is 23.3 Å². The number of hydrogen-bond donors (Lipinski definition) is 1. The van der Waals surface area contributed by atoms with E-state index in [0.717, 1.165) is 0 Å². The standard InChI is InChI=1S/C14H15FN4O2/c15-10-1-3-11(4-2-10)19-16-9-13(17-19)14(21)18-7-5-12(20)6-8-18/h1-4,9,12,20H,5-8H2. The first-order chi connectivity index (χ1) is 10.1. The van der Waals surface area contributed by atoms with Gasteiger partial charge in [-0.1, -0.05) is 0 Å². The molecular weight excluding hydrogens is 275 g/mol. The fourth-order valence-electron chi connectivity index (χ4n) is 2.29. The molecule has 1 saturated heterocycles. The fourth-order valence-corrected chi connectivity index (χ4v) is 2.29. The van der Waals surface area contributed by atoms with Gasteiger partial charge in [0, 0.05) is 13.1 Å². The maximum Gasteiger partial charge on any atom is 0.276 e. The first kappa shape index (κ1) is 13.7. The van der Waals surface area contributed by atoms with Crippen molar-refractivity contribution in [2.24, 2.45) is 0 Å². The number of aliphatic hydroxyl groups is 1. The Kier molecular flexibility index (Phi) is 3.66. The maximum atomic E-state index is 12.9. The van der Waals surface area contributed by atoms with E-state index in [-0.39, 0.29) is 23.5 Å². The van der Waals surface area contributed by atoms with Crippen LogP contribution in [0.15, 0.2) is 30.5 Å². The molecule has 1 aromatic carbocycles. The summed E-state index contributed by atoms with van der Waals surface area (Å²) in [6.45, 7) is 1.03. The first-order valence-electron chi connectivity index (χ1n) is 6.79. The lowest BCUT2D eigenvalue weighted by molar-refractivity contribution is 0.0541. The number of carbonyl (C=O) groups is 1. The van der Waals surface area contributed by atoms with E-state index in [4.69, 9.17) is 0 Å². The van der Waals surface area contributed by atoms with Crippen molar-refractivity contribution in [1.82, 2.24) is 19.9 Å². The van der Waals surface area contributed by atoms with Gasteiger partial charge >= 0.3 is 0 Å². The molecular formula is C14H15FN4O2. The van der Waals surface area contributed by atoms with Crippen molar-refractivity contribution >= 4 is 5.91 Å². The molecule has 2 aromatic rings. The molecule has 3 rings (SSSR count). The lowest BCUT2D eigenvalue weighted by Crippen LogP contribution is -2.40. The number of benzene rings is 1. The van der Waals surface area contributed by atoms with Crippen molar-refractivity contribution in [3.05, 3.63) is 42.0 Å². The van der Waals surface area contributed by atoms with Crippen LogP contribution in [0.2, 0.25) is 0 Å². The molecule has 0 radical (unpaired) electrons. The van der Waals surface area contributed by atoms with Crippen molar-refractivity contribution in [3.8, 4) is 5.69 Å². The Labute approximate surface area is 120 Å². The second kappa shape index (κ2) is 5.61. The number of likely N-dealkylation sites (tertiary alicyclic amines) is 1. The second-order valence-corrected chi connectivity index (χ2v) is 5.02. The number of halogens is 1. The molecule has 0 saturated carbocycles. The molecule has 1 aliphatic heterocycles. The molecule has 1 amide bonds. The van der Waals surface area contributed by atoms with E-state index in [1.54, 1.807) is 17.0 Å². The third-order valence-electron chi connectivity index (χ3n) is 3.52. The molecule has 0 bridgehead atoms. The van der Waals surface area contributed by atoms with E-state index in [0.29, 0.717) is 31.6 Å². The van der Waals surface area contributed by atoms with Crippen LogP contribution in [0.3, 0.4) is 0 Å². The highest BCUT2D eigenvalue weighted by Crippen LogP contribution is 2.13. The SMILES string of the molecule is O=C(c1cnn(-c2ccc(F)cc2)n1)N1CCC(O)CC1. The Hall–Kier alpha value is -2.28. The summed E-state index contributed by atoms with van der Waals surface area (Å²) in [5, 5.41) is 17.6. The molecule has 1 fully saturated rings. The number of amides is 1. The van der Waals surface area contributed by atoms with Gasteiger partial charge in [0.25, 0.3) is 5.91 Å². The van der Waals surface area contributed by atoms with Gasteiger partial charge in [0.2, 0.25) is 0 Å². The van der Waals surface area contributed by atoms with Crippen molar-refractivity contribution in [2.75, 3.05) is 13.1 Å². The zero-order valence-electron chi connectivity index (χ0n) is 11.3. The minimum absolute atomic E-state index is 0.199. The average molecular weight is 290 g/mol. The van der Waals surface area contributed by atoms with Crippen LogP contribution in [0, 0.1) is 5.82 Å². The van der Waals surface area contributed by atoms with Crippen LogP contribution in [-0.2, 0) is 0 Å². The van der Waals surface area contributed by atoms with E-state index < -0.39 is 0 Å². The first-order valence-corrected chi connectivity index (χ1v) is 6.79. The third kappa shape index (κ3) is 2.92. The van der Waals surface area contributed by atoms with Gasteiger partial charge in [-0.2, -0.15) is 9.90 Å². The van der Waals surface area contributed by atoms with Crippen LogP contribution in [0.4, 0.5) is 4.39 Å². The van der Waals surface area contributed by atoms with Crippen LogP contribution in [-0.4, -0.2) is 50.1 Å². The monoisotopic (exact) mass is 290 g/mol. The van der Waals surface area contributed by atoms with Crippen molar-refractivity contribution in [3.63, 3.8) is 0 Å². The summed E-state index contributed by atoms with van der Waals surface area (Å²) in [6.07, 6.45) is 2.23. The summed E-state index contributed by atoms with van der Waals surface area (Å²) < 4.78 is 12.9. The molecule has 1 N–H and O–H groups in total. The van der Waals surface area contributed by atoms with E-state index in [9.17, 15) is 14.3 Å². The van der Waals surface area contributed by atoms with Gasteiger partial charge in [-0.05, 0) is 37.1 Å². The van der Waals surface area contributed by atoms with E-state index >= 15 is 0 Å². The van der Waals surface area contributed by atoms with Gasteiger partial charge in [0.15, 0.2) is 5.69 Å². The smallest absolute Gasteiger partial charge is 0.276 e. The summed E-state index contributed by atoms with van der Waals surface area (Å²) in [4.78, 5) is 15.2. The normalized spacial score (nSPS) is 16.2. The van der Waals surface area contributed by atoms with Gasteiger partial charge in [-0.15, -0.1) is 5.10 Å². The highest BCUT2D eigenvalue weighted by Gasteiger charge is 2.24. The van der Waals surface area contributed by atoms with E-state index in [2.05, 4.69) is 10.2 Å². The number of aliphatic hydroxyl groups excluding tert-OH is 1. The molecule has 7 heteroatoms. The molecule has 0 unspecified atom stereocenters. The molecule has 0 spiro atoms. The van der Waals surface area contributed by atoms with Gasteiger partial charge in [-0.3, -0.25) is 4.79 Å². The molecule has 0 aliphatic carbocycles. The van der Waals surface area contributed by atoms with Crippen molar-refractivity contribution in [1.29, 1.82) is 0 Å². The average Bonchev–Trinajstić information content (AvgIpc) is 2.98. The highest BCUT2D eigenvalue weighted by molar-refractivity contribution is 5.92. The second-order valence-electron chi connectivity index (χ2n) is 5.02. The summed E-state index contributed by atoms with van der Waals surface area (Å²) in [5.41, 5.74) is 0.834. The molecule has 21 heavy (non-hydrogen) atoms. The van der Waals surface area contributed by atoms with E-state index in [1.165, 1.54) is 23.1 Å². The predicted octanol–water partition coefficient (Wildman–Crippen LogP) is 1.00. The molecule has 1 aromatic heterocycles. The number of hydrogen-bond acceptors (Lipinski definition) is 4. The fraction of sp³-hybridized carbons (Fsp3) is 0.357. The highest BCUT2D eigenvalue weighted by atomic mass is 19.1. The quantitative estimate of drug-likeness (QED) is 0.896. The Morgan fingerprint density at radius 2 is 1.90 bits per heavy atom. The molecule has 0 atom stereocenters. The molecule has 110 valence electrons. The van der Waals surface area contributed by atoms with Gasteiger partial charge in [-0.25, -0.2) is 4.39 Å². The summed E-state index contributed by atoms with van der Waals surface area (Å²) in [5.74, 6) is -0.538. The Morgan fingerprint density at radius 1 is 1.24 bits per heavy atom. The Morgan fingerprint density at radius 3 is 2.57 bits per heavy atom. The topological polar surface area (TPSA) is 71.2 Å². The Bertz CT molecular complexity index is 633. The van der Waals surface area contributed by atoms with Crippen LogP contribution in [0.25, 0.3) is 5.69 Å². The van der Waals surface area contributed by atoms with Crippen molar-refractivity contribution < 1.29 is 14.3 Å². The van der Waals surface area contributed by atoms with Gasteiger partial charge in [0.05, 0.1) is 18.0 Å². The maximum absolute atomic E-state index is 12.9. The minimum atomic E-state index is -0.339. The van der Waals surface area contributed by atoms with Crippen LogP contribution < -0.4 is 0 Å². The van der Waals surface area contributed by atoms with Gasteiger partial charge < -0.3 is 10.0 Å². The van der Waals surface area contributed by atoms with Crippen LogP contribution >= 0.6 is 0 Å². The lowest BCUT2D eigenvalue weighted by Gasteiger charge is -2.28. The summed E-state index contributed by atoms with van der Waals surface area (Å²) in [6, 6.07) is 5.71. The van der Waals surface area contributed by atoms with Crippen LogP contribution in [0.5, 0.6) is 0 Å². The number of aromatic nitrogens is 3. The minimum Gasteiger partial charge on any atom is -0.393 e. The summed E-state index contributed by atoms with van der Waals surface area (Å²) >= 11 is 0. The molecule has 2 heterocycles. The number of piperidine rings is 1. The van der Waals surface area contributed by atoms with Gasteiger partial charge in [0.1, 0.15) is 5.82 Å². The largest absolute Gasteiger partial charge is 0.393 e. The zero-order chi connectivity index (χ0) is 14.8. The zero-order valence-corrected chi connectivity index (χ0v) is 11.3. The Balaban J connectivity index is 1.75. The van der Waals surface area contributed by atoms with Crippen molar-refractivity contribution in [2.45, 2.75) is 18.9 Å². The molecule has 6 nitrogen and oxygen atoms in total. The molecule has 1 aliphatic rings.